The van der Waals surface area contributed by atoms with E-state index in [2.05, 4.69) is 26.6 Å². The highest BCUT2D eigenvalue weighted by molar-refractivity contribution is 9.10. The minimum absolute atomic E-state index is 0.0135. The van der Waals surface area contributed by atoms with Gasteiger partial charge in [0, 0.05) is 24.0 Å². The summed E-state index contributed by atoms with van der Waals surface area (Å²) >= 11 is 2.92. The van der Waals surface area contributed by atoms with Crippen molar-refractivity contribution in [3.8, 4) is 0 Å². The predicted octanol–water partition coefficient (Wildman–Crippen LogP) is 1.98. The predicted molar refractivity (Wildman–Crippen MR) is 69.7 cm³/mol. The zero-order valence-corrected chi connectivity index (χ0v) is 11.8. The monoisotopic (exact) mass is 334 g/mol. The molecule has 19 heavy (non-hydrogen) atoms. The van der Waals surface area contributed by atoms with Crippen LogP contribution in [0.25, 0.3) is 0 Å². The second kappa shape index (κ2) is 7.18. The summed E-state index contributed by atoms with van der Waals surface area (Å²) in [6.45, 7) is 2.27. The van der Waals surface area contributed by atoms with Crippen molar-refractivity contribution in [3.63, 3.8) is 0 Å². The molecule has 0 fully saturated rings. The second-order valence-corrected chi connectivity index (χ2v) is 4.62. The van der Waals surface area contributed by atoms with E-state index in [1.54, 1.807) is 6.92 Å². The summed E-state index contributed by atoms with van der Waals surface area (Å²) in [6.07, 6.45) is 0.0549. The SMILES string of the molecule is CCNC(=O)CCNC(=O)c1c(F)cc(Br)cc1F. The number of halogens is 3. The van der Waals surface area contributed by atoms with Crippen LogP contribution < -0.4 is 10.6 Å². The Morgan fingerprint density at radius 1 is 1.21 bits per heavy atom. The third-order valence-corrected chi connectivity index (χ3v) is 2.70. The van der Waals surface area contributed by atoms with E-state index in [4.69, 9.17) is 0 Å². The number of amides is 2. The minimum Gasteiger partial charge on any atom is -0.356 e. The topological polar surface area (TPSA) is 58.2 Å². The first kappa shape index (κ1) is 15.6. The van der Waals surface area contributed by atoms with Gasteiger partial charge in [0.05, 0.1) is 0 Å². The molecule has 0 saturated carbocycles. The summed E-state index contributed by atoms with van der Waals surface area (Å²) in [4.78, 5) is 22.7. The summed E-state index contributed by atoms with van der Waals surface area (Å²) in [5, 5.41) is 4.84. The molecule has 0 aliphatic carbocycles. The van der Waals surface area contributed by atoms with Crippen LogP contribution in [0.4, 0.5) is 8.78 Å². The van der Waals surface area contributed by atoms with Crippen LogP contribution in [0.3, 0.4) is 0 Å². The summed E-state index contributed by atoms with van der Waals surface area (Å²) < 4.78 is 27.1. The molecule has 0 bridgehead atoms. The lowest BCUT2D eigenvalue weighted by Gasteiger charge is -2.07. The number of carbonyl (C=O) groups excluding carboxylic acids is 2. The molecular formula is C12H13BrF2N2O2. The third kappa shape index (κ3) is 4.59. The quantitative estimate of drug-likeness (QED) is 0.865. The first-order chi connectivity index (χ1) is 8.95. The number of hydrogen-bond acceptors (Lipinski definition) is 2. The minimum atomic E-state index is -0.956. The van der Waals surface area contributed by atoms with Crippen LogP contribution >= 0.6 is 15.9 Å². The molecule has 0 spiro atoms. The Kier molecular flexibility index (Phi) is 5.88. The van der Waals surface area contributed by atoms with Gasteiger partial charge in [0.2, 0.25) is 5.91 Å². The van der Waals surface area contributed by atoms with Gasteiger partial charge in [0.15, 0.2) is 0 Å². The van der Waals surface area contributed by atoms with Crippen molar-refractivity contribution in [1.82, 2.24) is 10.6 Å². The van der Waals surface area contributed by atoms with Gasteiger partial charge in [-0.15, -0.1) is 0 Å². The van der Waals surface area contributed by atoms with E-state index >= 15 is 0 Å². The lowest BCUT2D eigenvalue weighted by atomic mass is 10.2. The summed E-state index contributed by atoms with van der Waals surface area (Å²) in [5.74, 6) is -3.03. The molecule has 4 nitrogen and oxygen atoms in total. The molecule has 2 N–H and O–H groups in total. The van der Waals surface area contributed by atoms with Crippen molar-refractivity contribution in [3.05, 3.63) is 33.8 Å². The number of rotatable bonds is 5. The van der Waals surface area contributed by atoms with Crippen LogP contribution in [-0.2, 0) is 4.79 Å². The summed E-state index contributed by atoms with van der Waals surface area (Å²) in [6, 6.07) is 2.00. The van der Waals surface area contributed by atoms with Gasteiger partial charge in [-0.2, -0.15) is 0 Å². The van der Waals surface area contributed by atoms with E-state index in [1.807, 2.05) is 0 Å². The maximum absolute atomic E-state index is 13.5. The van der Waals surface area contributed by atoms with Gasteiger partial charge in [-0.25, -0.2) is 8.78 Å². The van der Waals surface area contributed by atoms with E-state index in [-0.39, 0.29) is 23.3 Å². The van der Waals surface area contributed by atoms with Gasteiger partial charge in [-0.1, -0.05) is 15.9 Å². The molecule has 0 heterocycles. The Bertz CT molecular complexity index is 472. The van der Waals surface area contributed by atoms with E-state index in [0.29, 0.717) is 6.54 Å². The maximum Gasteiger partial charge on any atom is 0.257 e. The smallest absolute Gasteiger partial charge is 0.257 e. The standard InChI is InChI=1S/C12H13BrF2N2O2/c1-2-16-10(18)3-4-17-12(19)11-8(14)5-7(13)6-9(11)15/h5-6H,2-4H2,1H3,(H,16,18)(H,17,19). The van der Waals surface area contributed by atoms with Crippen LogP contribution in [0.1, 0.15) is 23.7 Å². The first-order valence-corrected chi connectivity index (χ1v) is 6.44. The second-order valence-electron chi connectivity index (χ2n) is 3.70. The summed E-state index contributed by atoms with van der Waals surface area (Å²) in [7, 11) is 0. The fraction of sp³-hybridized carbons (Fsp3) is 0.333. The third-order valence-electron chi connectivity index (χ3n) is 2.25. The van der Waals surface area contributed by atoms with Gasteiger partial charge in [-0.3, -0.25) is 9.59 Å². The molecule has 2 amide bonds. The van der Waals surface area contributed by atoms with Crippen LogP contribution in [0.15, 0.2) is 16.6 Å². The Labute approximate surface area is 117 Å². The van der Waals surface area contributed by atoms with Crippen LogP contribution in [0.2, 0.25) is 0 Å². The van der Waals surface area contributed by atoms with Crippen LogP contribution in [-0.4, -0.2) is 24.9 Å². The molecule has 0 aliphatic rings. The van der Waals surface area contributed by atoms with Crippen molar-refractivity contribution >= 4 is 27.7 Å². The van der Waals surface area contributed by atoms with Gasteiger partial charge in [-0.05, 0) is 19.1 Å². The van der Waals surface area contributed by atoms with E-state index in [0.717, 1.165) is 12.1 Å². The largest absolute Gasteiger partial charge is 0.356 e. The number of hydrogen-bond donors (Lipinski definition) is 2. The average molecular weight is 335 g/mol. The average Bonchev–Trinajstić information content (AvgIpc) is 2.27. The molecule has 0 aromatic heterocycles. The Morgan fingerprint density at radius 2 is 1.79 bits per heavy atom. The highest BCUT2D eigenvalue weighted by Crippen LogP contribution is 2.19. The molecule has 1 aromatic carbocycles. The van der Waals surface area contributed by atoms with Gasteiger partial charge in [0.25, 0.3) is 5.91 Å². The molecule has 0 atom stereocenters. The molecule has 7 heteroatoms. The van der Waals surface area contributed by atoms with Crippen molar-refractivity contribution in [1.29, 1.82) is 0 Å². The highest BCUT2D eigenvalue weighted by atomic mass is 79.9. The van der Waals surface area contributed by atoms with Crippen LogP contribution in [0, 0.1) is 11.6 Å². The zero-order valence-electron chi connectivity index (χ0n) is 10.2. The molecule has 1 aromatic rings. The lowest BCUT2D eigenvalue weighted by molar-refractivity contribution is -0.120. The molecule has 0 aliphatic heterocycles. The fourth-order valence-electron chi connectivity index (χ4n) is 1.42. The fourth-order valence-corrected chi connectivity index (χ4v) is 1.82. The molecule has 104 valence electrons. The Morgan fingerprint density at radius 3 is 2.32 bits per heavy atom. The van der Waals surface area contributed by atoms with Crippen molar-refractivity contribution in [2.24, 2.45) is 0 Å². The molecule has 0 radical (unpaired) electrons. The van der Waals surface area contributed by atoms with E-state index in [9.17, 15) is 18.4 Å². The van der Waals surface area contributed by atoms with Gasteiger partial charge >= 0.3 is 0 Å². The molecular weight excluding hydrogens is 322 g/mol. The van der Waals surface area contributed by atoms with Gasteiger partial charge in [0.1, 0.15) is 17.2 Å². The lowest BCUT2D eigenvalue weighted by Crippen LogP contribution is -2.31. The number of benzene rings is 1. The number of nitrogens with one attached hydrogen (secondary N) is 2. The van der Waals surface area contributed by atoms with E-state index < -0.39 is 23.1 Å². The normalized spacial score (nSPS) is 10.1. The van der Waals surface area contributed by atoms with Gasteiger partial charge < -0.3 is 10.6 Å². The number of carbonyl (C=O) groups is 2. The van der Waals surface area contributed by atoms with Crippen molar-refractivity contribution in [2.45, 2.75) is 13.3 Å². The molecule has 1 rings (SSSR count). The van der Waals surface area contributed by atoms with Crippen molar-refractivity contribution < 1.29 is 18.4 Å². The zero-order chi connectivity index (χ0) is 14.4. The van der Waals surface area contributed by atoms with E-state index in [1.165, 1.54) is 0 Å². The van der Waals surface area contributed by atoms with Crippen molar-refractivity contribution in [2.75, 3.05) is 13.1 Å². The van der Waals surface area contributed by atoms with Crippen LogP contribution in [0.5, 0.6) is 0 Å². The molecule has 0 saturated heterocycles. The maximum atomic E-state index is 13.5. The molecule has 0 unspecified atom stereocenters. The Hall–Kier alpha value is -1.50. The summed E-state index contributed by atoms with van der Waals surface area (Å²) in [5.41, 5.74) is -0.654. The highest BCUT2D eigenvalue weighted by Gasteiger charge is 2.18. The Balaban J connectivity index is 2.62. The first-order valence-electron chi connectivity index (χ1n) is 5.65.